The van der Waals surface area contributed by atoms with Gasteiger partial charge in [0.2, 0.25) is 0 Å². The molecule has 0 fully saturated rings. The Labute approximate surface area is 111 Å². The zero-order valence-corrected chi connectivity index (χ0v) is 11.3. The molecule has 0 aromatic carbocycles. The van der Waals surface area contributed by atoms with Crippen LogP contribution in [0.15, 0.2) is 11.4 Å². The predicted molar refractivity (Wildman–Crippen MR) is 73.4 cm³/mol. The number of urea groups is 1. The Morgan fingerprint density at radius 1 is 1.50 bits per heavy atom. The molecule has 0 aliphatic carbocycles. The second-order valence-electron chi connectivity index (χ2n) is 3.69. The standard InChI is InChI=1S/C13H18N2O2S/c1-2-6-14-13(17)15-9-12-8-11(10-18-12)5-3-4-7-16/h8,10,16H,2,4,6-7,9H2,1H3,(H2,14,15,17). The highest BCUT2D eigenvalue weighted by atomic mass is 32.1. The Balaban J connectivity index is 2.36. The van der Waals surface area contributed by atoms with Crippen LogP contribution in [0.5, 0.6) is 0 Å². The number of hydrogen-bond acceptors (Lipinski definition) is 3. The maximum absolute atomic E-state index is 11.3. The molecule has 0 saturated carbocycles. The lowest BCUT2D eigenvalue weighted by atomic mass is 10.3. The first-order valence-corrected chi connectivity index (χ1v) is 6.83. The third-order valence-corrected chi connectivity index (χ3v) is 3.02. The van der Waals surface area contributed by atoms with Gasteiger partial charge in [0.15, 0.2) is 0 Å². The third-order valence-electron chi connectivity index (χ3n) is 2.08. The second-order valence-corrected chi connectivity index (χ2v) is 4.68. The summed E-state index contributed by atoms with van der Waals surface area (Å²) < 4.78 is 0. The van der Waals surface area contributed by atoms with Crippen LogP contribution in [0.25, 0.3) is 0 Å². The van der Waals surface area contributed by atoms with Crippen molar-refractivity contribution in [2.45, 2.75) is 26.3 Å². The van der Waals surface area contributed by atoms with E-state index in [1.807, 2.05) is 18.4 Å². The van der Waals surface area contributed by atoms with E-state index in [2.05, 4.69) is 22.5 Å². The second kappa shape index (κ2) is 8.56. The van der Waals surface area contributed by atoms with E-state index in [4.69, 9.17) is 5.11 Å². The van der Waals surface area contributed by atoms with Crippen molar-refractivity contribution >= 4 is 17.4 Å². The summed E-state index contributed by atoms with van der Waals surface area (Å²) in [4.78, 5) is 12.4. The van der Waals surface area contributed by atoms with Gasteiger partial charge in [-0.25, -0.2) is 4.79 Å². The summed E-state index contributed by atoms with van der Waals surface area (Å²) in [7, 11) is 0. The van der Waals surface area contributed by atoms with Gasteiger partial charge >= 0.3 is 6.03 Å². The van der Waals surface area contributed by atoms with Gasteiger partial charge in [0.25, 0.3) is 0 Å². The molecule has 5 heteroatoms. The summed E-state index contributed by atoms with van der Waals surface area (Å²) in [6, 6.07) is 1.81. The number of hydrogen-bond donors (Lipinski definition) is 3. The predicted octanol–water partition coefficient (Wildman–Crippen LogP) is 1.69. The van der Waals surface area contributed by atoms with Crippen LogP contribution < -0.4 is 10.6 Å². The molecule has 0 bridgehead atoms. The van der Waals surface area contributed by atoms with Gasteiger partial charge < -0.3 is 15.7 Å². The summed E-state index contributed by atoms with van der Waals surface area (Å²) >= 11 is 1.57. The topological polar surface area (TPSA) is 61.4 Å². The molecule has 0 saturated heterocycles. The van der Waals surface area contributed by atoms with E-state index in [1.165, 1.54) is 0 Å². The van der Waals surface area contributed by atoms with Gasteiger partial charge in [-0.05, 0) is 12.5 Å². The molecule has 4 nitrogen and oxygen atoms in total. The van der Waals surface area contributed by atoms with Crippen LogP contribution in [-0.4, -0.2) is 24.3 Å². The first-order valence-electron chi connectivity index (χ1n) is 5.95. The van der Waals surface area contributed by atoms with Crippen molar-refractivity contribution in [1.82, 2.24) is 10.6 Å². The molecule has 0 atom stereocenters. The Kier molecular flexibility index (Phi) is 6.92. The van der Waals surface area contributed by atoms with E-state index in [0.29, 0.717) is 19.5 Å². The van der Waals surface area contributed by atoms with E-state index in [1.54, 1.807) is 11.3 Å². The smallest absolute Gasteiger partial charge is 0.315 e. The minimum absolute atomic E-state index is 0.0865. The Morgan fingerprint density at radius 3 is 3.06 bits per heavy atom. The van der Waals surface area contributed by atoms with Crippen molar-refractivity contribution in [1.29, 1.82) is 0 Å². The number of amides is 2. The van der Waals surface area contributed by atoms with E-state index in [0.717, 1.165) is 16.9 Å². The number of thiophene rings is 1. The average Bonchev–Trinajstić information content (AvgIpc) is 2.82. The first-order chi connectivity index (χ1) is 8.76. The fourth-order valence-corrected chi connectivity index (χ4v) is 1.98. The number of carbonyl (C=O) groups excluding carboxylic acids is 1. The summed E-state index contributed by atoms with van der Waals surface area (Å²) in [5.74, 6) is 5.82. The highest BCUT2D eigenvalue weighted by molar-refractivity contribution is 7.10. The van der Waals surface area contributed by atoms with Gasteiger partial charge in [-0.15, -0.1) is 11.3 Å². The van der Waals surface area contributed by atoms with Gasteiger partial charge in [-0.3, -0.25) is 0 Å². The van der Waals surface area contributed by atoms with Gasteiger partial charge in [0.05, 0.1) is 13.2 Å². The van der Waals surface area contributed by atoms with Gasteiger partial charge in [-0.2, -0.15) is 0 Å². The molecule has 0 aliphatic rings. The molecule has 0 spiro atoms. The molecule has 0 radical (unpaired) electrons. The molecule has 1 heterocycles. The number of nitrogens with one attached hydrogen (secondary N) is 2. The minimum atomic E-state index is -0.141. The van der Waals surface area contributed by atoms with Crippen molar-refractivity contribution < 1.29 is 9.90 Å². The third kappa shape index (κ3) is 5.71. The van der Waals surface area contributed by atoms with E-state index in [9.17, 15) is 4.79 Å². The van der Waals surface area contributed by atoms with Crippen LogP contribution in [0.1, 0.15) is 30.2 Å². The number of carbonyl (C=O) groups is 1. The van der Waals surface area contributed by atoms with E-state index >= 15 is 0 Å². The molecular weight excluding hydrogens is 248 g/mol. The summed E-state index contributed by atoms with van der Waals surface area (Å²) in [5.41, 5.74) is 0.930. The lowest BCUT2D eigenvalue weighted by molar-refractivity contribution is 0.240. The van der Waals surface area contributed by atoms with Crippen molar-refractivity contribution in [3.63, 3.8) is 0 Å². The van der Waals surface area contributed by atoms with Crippen LogP contribution in [0.4, 0.5) is 4.79 Å². The number of aliphatic hydroxyl groups excluding tert-OH is 1. The maximum atomic E-state index is 11.3. The van der Waals surface area contributed by atoms with Crippen LogP contribution in [0, 0.1) is 11.8 Å². The lowest BCUT2D eigenvalue weighted by Gasteiger charge is -2.04. The minimum Gasteiger partial charge on any atom is -0.395 e. The van der Waals surface area contributed by atoms with Gasteiger partial charge in [0.1, 0.15) is 0 Å². The monoisotopic (exact) mass is 266 g/mol. The Morgan fingerprint density at radius 2 is 2.33 bits per heavy atom. The molecule has 0 unspecified atom stereocenters. The average molecular weight is 266 g/mol. The highest BCUT2D eigenvalue weighted by Gasteiger charge is 2.01. The SMILES string of the molecule is CCCNC(=O)NCc1cc(C#CCCO)cs1. The fraction of sp³-hybridized carbons (Fsp3) is 0.462. The van der Waals surface area contributed by atoms with Gasteiger partial charge in [-0.1, -0.05) is 18.8 Å². The van der Waals surface area contributed by atoms with Crippen LogP contribution in [-0.2, 0) is 6.54 Å². The first kappa shape index (κ1) is 14.6. The lowest BCUT2D eigenvalue weighted by Crippen LogP contribution is -2.35. The van der Waals surface area contributed by atoms with Gasteiger partial charge in [0, 0.05) is 28.8 Å². The van der Waals surface area contributed by atoms with E-state index in [-0.39, 0.29) is 12.6 Å². The van der Waals surface area contributed by atoms with Crippen LogP contribution in [0.2, 0.25) is 0 Å². The maximum Gasteiger partial charge on any atom is 0.315 e. The zero-order valence-electron chi connectivity index (χ0n) is 10.5. The zero-order chi connectivity index (χ0) is 13.2. The molecule has 3 N–H and O–H groups in total. The molecule has 1 aromatic heterocycles. The Hall–Kier alpha value is -1.51. The van der Waals surface area contributed by atoms with Crippen molar-refractivity contribution in [3.8, 4) is 11.8 Å². The van der Waals surface area contributed by atoms with Crippen molar-refractivity contribution in [2.75, 3.05) is 13.2 Å². The molecule has 1 aromatic rings. The quantitative estimate of drug-likeness (QED) is 0.710. The normalized spacial score (nSPS) is 9.44. The molecular formula is C13H18N2O2S. The molecule has 18 heavy (non-hydrogen) atoms. The highest BCUT2D eigenvalue weighted by Crippen LogP contribution is 2.13. The fourth-order valence-electron chi connectivity index (χ4n) is 1.23. The molecule has 0 aliphatic heterocycles. The van der Waals surface area contributed by atoms with Crippen molar-refractivity contribution in [3.05, 3.63) is 21.9 Å². The summed E-state index contributed by atoms with van der Waals surface area (Å²) in [5, 5.41) is 16.1. The molecule has 1 rings (SSSR count). The number of aliphatic hydroxyl groups is 1. The van der Waals surface area contributed by atoms with E-state index < -0.39 is 0 Å². The molecule has 2 amide bonds. The Bertz CT molecular complexity index is 432. The van der Waals surface area contributed by atoms with Crippen LogP contribution >= 0.6 is 11.3 Å². The largest absolute Gasteiger partial charge is 0.395 e. The molecule has 98 valence electrons. The number of rotatable bonds is 5. The van der Waals surface area contributed by atoms with Crippen molar-refractivity contribution in [2.24, 2.45) is 0 Å². The summed E-state index contributed by atoms with van der Waals surface area (Å²) in [6.45, 7) is 3.30. The van der Waals surface area contributed by atoms with Crippen LogP contribution in [0.3, 0.4) is 0 Å². The summed E-state index contributed by atoms with van der Waals surface area (Å²) in [6.07, 6.45) is 1.42.